The Labute approximate surface area is 283 Å². The Kier molecular flexibility index (Phi) is 15.3. The van der Waals surface area contributed by atoms with Crippen LogP contribution in [0.4, 0.5) is 4.39 Å². The van der Waals surface area contributed by atoms with E-state index in [4.69, 9.17) is 52.4 Å². The highest BCUT2D eigenvalue weighted by Gasteiger charge is 2.52. The third-order valence-corrected chi connectivity index (χ3v) is 9.45. The number of guanidine groups is 1. The Morgan fingerprint density at radius 1 is 1.04 bits per heavy atom. The molecule has 1 aliphatic carbocycles. The van der Waals surface area contributed by atoms with Crippen LogP contribution in [-0.2, 0) is 28.5 Å². The van der Waals surface area contributed by atoms with Crippen molar-refractivity contribution in [1.29, 1.82) is 0 Å². The summed E-state index contributed by atoms with van der Waals surface area (Å²) < 4.78 is 45.7. The zero-order valence-electron chi connectivity index (χ0n) is 27.4. The van der Waals surface area contributed by atoms with E-state index >= 15 is 4.39 Å². The minimum atomic E-state index is -2.07. The number of halogens is 1. The molecule has 0 spiro atoms. The highest BCUT2D eigenvalue weighted by molar-refractivity contribution is 5.83. The Hall–Kier alpha value is -1.73. The summed E-state index contributed by atoms with van der Waals surface area (Å²) >= 11 is 0. The zero-order chi connectivity index (χ0) is 35.8. The number of aliphatic hydroxyl groups is 5. The van der Waals surface area contributed by atoms with E-state index in [-0.39, 0.29) is 57.4 Å². The van der Waals surface area contributed by atoms with E-state index in [0.29, 0.717) is 19.7 Å². The van der Waals surface area contributed by atoms with Crippen molar-refractivity contribution >= 4 is 11.7 Å². The standard InChI is InChI=1S/C29H55FN8O11/c30-21-25(48-28-24(44)22(23(43)20(11-39)47-28)38-29(35)37-10-13-9-36-3-4-45-13)12(6-17(41)16(40)1-2-31)5-14(33)26(21)49-27-15(34)7-18(42)19(8-32)46-27/h12-16,18-28,36,39-40,42-44H,1-11,31-34H2,(H3,35,37,38)/t12-,13-,14?,15?,16-,18-,19?,20+,21+,22?,23+,24+,25?,26+,27+,28?/m0/s1. The molecule has 6 unspecified atom stereocenters. The molecular weight excluding hydrogens is 655 g/mol. The van der Waals surface area contributed by atoms with Gasteiger partial charge in [-0.15, -0.1) is 0 Å². The molecule has 3 aliphatic heterocycles. The number of morpholine rings is 1. The first-order valence-electron chi connectivity index (χ1n) is 16.8. The van der Waals surface area contributed by atoms with Crippen LogP contribution >= 0.6 is 0 Å². The Morgan fingerprint density at radius 3 is 2.41 bits per heavy atom. The molecule has 0 bridgehead atoms. The molecule has 16 atom stereocenters. The second-order valence-corrected chi connectivity index (χ2v) is 13.1. The number of hydrogen-bond acceptors (Lipinski definition) is 17. The van der Waals surface area contributed by atoms with E-state index in [9.17, 15) is 30.3 Å². The lowest BCUT2D eigenvalue weighted by molar-refractivity contribution is -0.315. The molecule has 4 aliphatic rings. The molecule has 0 aromatic heterocycles. The smallest absolute Gasteiger partial charge is 0.189 e. The average molecular weight is 711 g/mol. The van der Waals surface area contributed by atoms with Crippen molar-refractivity contribution in [1.82, 2.24) is 10.6 Å². The fraction of sp³-hybridized carbons (Fsp3) is 0.931. The zero-order valence-corrected chi connectivity index (χ0v) is 27.4. The van der Waals surface area contributed by atoms with Gasteiger partial charge < -0.3 is 88.5 Å². The van der Waals surface area contributed by atoms with Gasteiger partial charge in [0.05, 0.1) is 56.3 Å². The summed E-state index contributed by atoms with van der Waals surface area (Å²) in [6.45, 7) is 1.25. The van der Waals surface area contributed by atoms with Crippen molar-refractivity contribution < 1.29 is 58.4 Å². The lowest BCUT2D eigenvalue weighted by Gasteiger charge is -2.48. The minimum Gasteiger partial charge on any atom is -0.394 e. The summed E-state index contributed by atoms with van der Waals surface area (Å²) in [5, 5.41) is 58.7. The molecule has 3 saturated heterocycles. The molecule has 284 valence electrons. The molecular formula is C29H55FN8O11. The molecule has 19 nitrogen and oxygen atoms in total. The second kappa shape index (κ2) is 18.7. The first kappa shape index (κ1) is 40.0. The molecule has 0 aromatic rings. The van der Waals surface area contributed by atoms with Crippen LogP contribution in [-0.4, -0.2) is 175 Å². The fourth-order valence-electron chi connectivity index (χ4n) is 6.66. The van der Waals surface area contributed by atoms with Gasteiger partial charge in [-0.25, -0.2) is 4.39 Å². The second-order valence-electron chi connectivity index (χ2n) is 13.1. The Balaban J connectivity index is 1.54. The van der Waals surface area contributed by atoms with Gasteiger partial charge in [-0.3, -0.25) is 9.79 Å². The monoisotopic (exact) mass is 710 g/mol. The fourth-order valence-corrected chi connectivity index (χ4v) is 6.66. The Morgan fingerprint density at radius 2 is 1.76 bits per heavy atom. The predicted octanol–water partition coefficient (Wildman–Crippen LogP) is -6.43. The van der Waals surface area contributed by atoms with Gasteiger partial charge in [0, 0.05) is 32.1 Å². The number of hydrogen-bond donors (Lipinski definition) is 12. The van der Waals surface area contributed by atoms with Crippen LogP contribution in [0, 0.1) is 5.92 Å². The molecule has 0 aromatic carbocycles. The third kappa shape index (κ3) is 10.2. The number of nitrogens with two attached hydrogens (primary N) is 5. The normalized spacial score (nSPS) is 42.8. The molecule has 4 rings (SSSR count). The summed E-state index contributed by atoms with van der Waals surface area (Å²) in [4.78, 5) is 17.2. The van der Waals surface area contributed by atoms with Crippen molar-refractivity contribution in [2.75, 3.05) is 45.9 Å². The third-order valence-electron chi connectivity index (χ3n) is 9.45. The SMILES string of the molecule is NCC[C@H](O)C(=O)C[C@@H]1CC(N)[C@@H](O[C@H]2OC(CN)[C@@H](O)CC2N)[C@H](F)C1OC1O[C@H](CO)[C@@H](O)C(NC(N)=NC[C@@H]2CNCCO2)[C@H]1O. The largest absolute Gasteiger partial charge is 0.394 e. The van der Waals surface area contributed by atoms with Gasteiger partial charge in [0.25, 0.3) is 0 Å². The van der Waals surface area contributed by atoms with Crippen LogP contribution in [0.15, 0.2) is 4.99 Å². The number of aliphatic imine (C=N–C) groups is 1. The van der Waals surface area contributed by atoms with Crippen molar-refractivity contribution in [3.05, 3.63) is 0 Å². The van der Waals surface area contributed by atoms with E-state index in [2.05, 4.69) is 15.6 Å². The van der Waals surface area contributed by atoms with Crippen LogP contribution in [0.25, 0.3) is 0 Å². The first-order valence-corrected chi connectivity index (χ1v) is 16.8. The summed E-state index contributed by atoms with van der Waals surface area (Å²) in [5.74, 6) is -1.70. The lowest BCUT2D eigenvalue weighted by Crippen LogP contribution is -2.67. The molecule has 49 heavy (non-hydrogen) atoms. The van der Waals surface area contributed by atoms with Gasteiger partial charge in [0.1, 0.15) is 30.5 Å². The number of carbonyl (C=O) groups is 1. The van der Waals surface area contributed by atoms with Gasteiger partial charge >= 0.3 is 0 Å². The maximum absolute atomic E-state index is 16.7. The number of ether oxygens (including phenoxy) is 5. The lowest BCUT2D eigenvalue weighted by atomic mass is 9.77. The highest BCUT2D eigenvalue weighted by atomic mass is 19.1. The summed E-state index contributed by atoms with van der Waals surface area (Å²) in [6.07, 6.45) is -16.1. The van der Waals surface area contributed by atoms with E-state index in [0.717, 1.165) is 0 Å². The number of nitrogens with zero attached hydrogens (tertiary/aromatic N) is 1. The molecule has 3 heterocycles. The number of aliphatic hydroxyl groups excluding tert-OH is 5. The van der Waals surface area contributed by atoms with Crippen LogP contribution in [0.3, 0.4) is 0 Å². The number of nitrogens with one attached hydrogen (secondary N) is 2. The van der Waals surface area contributed by atoms with Crippen molar-refractivity contribution in [2.24, 2.45) is 39.6 Å². The number of carbonyl (C=O) groups excluding carboxylic acids is 1. The van der Waals surface area contributed by atoms with Crippen LogP contribution in [0.2, 0.25) is 0 Å². The molecule has 0 amide bonds. The Bertz CT molecular complexity index is 1070. The highest BCUT2D eigenvalue weighted by Crippen LogP contribution is 2.37. The van der Waals surface area contributed by atoms with Crippen molar-refractivity contribution in [2.45, 2.75) is 117 Å². The van der Waals surface area contributed by atoms with E-state index < -0.39 is 104 Å². The number of ketones is 1. The minimum absolute atomic E-state index is 0.0147. The molecule has 20 heteroatoms. The van der Waals surface area contributed by atoms with Crippen LogP contribution in [0.5, 0.6) is 0 Å². The quantitative estimate of drug-likeness (QED) is 0.0589. The van der Waals surface area contributed by atoms with Gasteiger partial charge in [-0.2, -0.15) is 0 Å². The van der Waals surface area contributed by atoms with E-state index in [1.165, 1.54) is 0 Å². The van der Waals surface area contributed by atoms with Crippen LogP contribution in [0.1, 0.15) is 25.7 Å². The van der Waals surface area contributed by atoms with Gasteiger partial charge in [-0.05, 0) is 31.7 Å². The van der Waals surface area contributed by atoms with Crippen molar-refractivity contribution in [3.8, 4) is 0 Å². The number of Topliss-reactive ketones (excluding diaryl/α,β-unsaturated/α-hetero) is 1. The molecule has 1 saturated carbocycles. The number of rotatable bonds is 14. The maximum Gasteiger partial charge on any atom is 0.189 e. The van der Waals surface area contributed by atoms with Gasteiger partial charge in [-0.1, -0.05) is 0 Å². The van der Waals surface area contributed by atoms with E-state index in [1.54, 1.807) is 0 Å². The topological polar surface area (TPSA) is 331 Å². The summed E-state index contributed by atoms with van der Waals surface area (Å²) in [7, 11) is 0. The summed E-state index contributed by atoms with van der Waals surface area (Å²) in [6, 6.07) is -3.14. The van der Waals surface area contributed by atoms with Crippen molar-refractivity contribution in [3.63, 3.8) is 0 Å². The molecule has 0 radical (unpaired) electrons. The van der Waals surface area contributed by atoms with Gasteiger partial charge in [0.2, 0.25) is 0 Å². The van der Waals surface area contributed by atoms with E-state index in [1.807, 2.05) is 0 Å². The summed E-state index contributed by atoms with van der Waals surface area (Å²) in [5.41, 5.74) is 29.8. The first-order chi connectivity index (χ1) is 23.4. The molecule has 17 N–H and O–H groups in total. The maximum atomic E-state index is 16.7. The number of alkyl halides is 1. The predicted molar refractivity (Wildman–Crippen MR) is 170 cm³/mol. The van der Waals surface area contributed by atoms with Gasteiger partial charge in [0.15, 0.2) is 30.5 Å². The average Bonchev–Trinajstić information content (AvgIpc) is 3.08. The molecule has 4 fully saturated rings. The van der Waals surface area contributed by atoms with Crippen LogP contribution < -0.4 is 39.3 Å².